The summed E-state index contributed by atoms with van der Waals surface area (Å²) in [6.45, 7) is 10.3. The third-order valence-corrected chi connectivity index (χ3v) is 5.56. The number of benzene rings is 1. The normalized spacial score (nSPS) is 22.9. The van der Waals surface area contributed by atoms with Crippen molar-refractivity contribution in [1.29, 1.82) is 0 Å². The molecule has 0 aromatic heterocycles. The van der Waals surface area contributed by atoms with Crippen molar-refractivity contribution in [3.8, 4) is 0 Å². The summed E-state index contributed by atoms with van der Waals surface area (Å²) in [5, 5.41) is 3.19. The van der Waals surface area contributed by atoms with Gasteiger partial charge in [0.25, 0.3) is 0 Å². The Kier molecular flexibility index (Phi) is 5.58. The molecule has 1 saturated heterocycles. The van der Waals surface area contributed by atoms with Crippen LogP contribution < -0.4 is 5.43 Å². The fraction of sp³-hybridized carbons (Fsp3) is 0.579. The van der Waals surface area contributed by atoms with Crippen molar-refractivity contribution in [2.24, 2.45) is 0 Å². The summed E-state index contributed by atoms with van der Waals surface area (Å²) in [6, 6.07) is 8.23. The quantitative estimate of drug-likeness (QED) is 0.865. The highest BCUT2D eigenvalue weighted by molar-refractivity contribution is 6.30. The van der Waals surface area contributed by atoms with Crippen LogP contribution in [0, 0.1) is 0 Å². The minimum atomic E-state index is 0.809. The zero-order valence-corrected chi connectivity index (χ0v) is 15.5. The number of ether oxygens (including phenoxy) is 1. The summed E-state index contributed by atoms with van der Waals surface area (Å²) < 4.78 is 5.42. The molecule has 0 spiro atoms. The largest absolute Gasteiger partial charge is 0.379 e. The van der Waals surface area contributed by atoms with Crippen molar-refractivity contribution in [3.05, 3.63) is 46.1 Å². The molecular formula is C19H27ClN4O. The van der Waals surface area contributed by atoms with Gasteiger partial charge in [0.2, 0.25) is 0 Å². The molecular weight excluding hydrogens is 336 g/mol. The summed E-state index contributed by atoms with van der Waals surface area (Å²) in [4.78, 5) is 5.03. The maximum absolute atomic E-state index is 5.98. The van der Waals surface area contributed by atoms with Gasteiger partial charge in [0, 0.05) is 69.5 Å². The van der Waals surface area contributed by atoms with Gasteiger partial charge in [0.1, 0.15) is 0 Å². The summed E-state index contributed by atoms with van der Waals surface area (Å²) in [6.07, 6.45) is 1.12. The Hall–Kier alpha value is -1.11. The van der Waals surface area contributed by atoms with Crippen LogP contribution in [0.15, 0.2) is 35.5 Å². The average Bonchev–Trinajstić information content (AvgIpc) is 3.05. The fourth-order valence-electron chi connectivity index (χ4n) is 3.84. The van der Waals surface area contributed by atoms with Gasteiger partial charge in [-0.1, -0.05) is 23.7 Å². The fourth-order valence-corrected chi connectivity index (χ4v) is 3.96. The molecule has 25 heavy (non-hydrogen) atoms. The molecule has 0 bridgehead atoms. The first kappa shape index (κ1) is 17.3. The Balaban J connectivity index is 1.25. The van der Waals surface area contributed by atoms with E-state index >= 15 is 0 Å². The average molecular weight is 363 g/mol. The van der Waals surface area contributed by atoms with Crippen LogP contribution in [0.1, 0.15) is 12.0 Å². The monoisotopic (exact) mass is 362 g/mol. The Morgan fingerprint density at radius 1 is 0.960 bits per heavy atom. The first-order valence-electron chi connectivity index (χ1n) is 9.26. The number of hydrogen-bond donors (Lipinski definition) is 1. The first-order chi connectivity index (χ1) is 12.3. The van der Waals surface area contributed by atoms with Gasteiger partial charge in [0.15, 0.2) is 0 Å². The lowest BCUT2D eigenvalue weighted by Crippen LogP contribution is -2.43. The second-order valence-electron chi connectivity index (χ2n) is 7.16. The first-order valence-corrected chi connectivity index (χ1v) is 9.63. The lowest BCUT2D eigenvalue weighted by Gasteiger charge is -2.28. The highest BCUT2D eigenvalue weighted by atomic mass is 35.5. The molecule has 3 aliphatic rings. The van der Waals surface area contributed by atoms with E-state index < -0.39 is 0 Å². The zero-order chi connectivity index (χ0) is 17.1. The second kappa shape index (κ2) is 8.06. The molecule has 0 amide bonds. The van der Waals surface area contributed by atoms with E-state index in [0.717, 1.165) is 77.0 Å². The molecule has 136 valence electrons. The predicted molar refractivity (Wildman–Crippen MR) is 100 cm³/mol. The Morgan fingerprint density at radius 2 is 1.76 bits per heavy atom. The molecule has 5 nitrogen and oxygen atoms in total. The summed E-state index contributed by atoms with van der Waals surface area (Å²) in [5.74, 6) is 0. The van der Waals surface area contributed by atoms with Crippen LogP contribution in [0.5, 0.6) is 0 Å². The lowest BCUT2D eigenvalue weighted by atomic mass is 10.1. The van der Waals surface area contributed by atoms with E-state index in [4.69, 9.17) is 16.3 Å². The molecule has 1 aromatic carbocycles. The van der Waals surface area contributed by atoms with Gasteiger partial charge < -0.3 is 10.2 Å². The van der Waals surface area contributed by atoms with E-state index in [2.05, 4.69) is 32.4 Å². The van der Waals surface area contributed by atoms with E-state index in [9.17, 15) is 0 Å². The number of morpholine rings is 1. The molecule has 4 rings (SSSR count). The Labute approximate surface area is 155 Å². The van der Waals surface area contributed by atoms with Crippen LogP contribution in [-0.2, 0) is 11.3 Å². The van der Waals surface area contributed by atoms with Crippen LogP contribution in [0.25, 0.3) is 0 Å². The molecule has 0 radical (unpaired) electrons. The molecule has 1 fully saturated rings. The summed E-state index contributed by atoms with van der Waals surface area (Å²) in [7, 11) is 0. The van der Waals surface area contributed by atoms with Gasteiger partial charge >= 0.3 is 0 Å². The number of nitrogens with one attached hydrogen (secondary N) is 1. The molecule has 3 heterocycles. The van der Waals surface area contributed by atoms with E-state index in [-0.39, 0.29) is 0 Å². The van der Waals surface area contributed by atoms with Crippen LogP contribution >= 0.6 is 11.6 Å². The van der Waals surface area contributed by atoms with Gasteiger partial charge in [-0.3, -0.25) is 9.80 Å². The summed E-state index contributed by atoms with van der Waals surface area (Å²) in [5.41, 5.74) is 7.98. The number of hydrazine groups is 1. The lowest BCUT2D eigenvalue weighted by molar-refractivity contribution is 0.0324. The Bertz CT molecular complexity index is 612. The number of rotatable bonds is 5. The van der Waals surface area contributed by atoms with Crippen molar-refractivity contribution in [3.63, 3.8) is 0 Å². The molecule has 1 N–H and O–H groups in total. The van der Waals surface area contributed by atoms with Gasteiger partial charge in [-0.05, 0) is 23.3 Å². The van der Waals surface area contributed by atoms with Crippen LogP contribution in [-0.4, -0.2) is 73.8 Å². The predicted octanol–water partition coefficient (Wildman–Crippen LogP) is 1.95. The number of nitrogens with zero attached hydrogens (tertiary/aromatic N) is 3. The van der Waals surface area contributed by atoms with Crippen molar-refractivity contribution in [2.45, 2.75) is 13.0 Å². The SMILES string of the molecule is Clc1ccc(CN2CCC3=C(C2)CN(CCN2CCOCC2)N3)cc1. The maximum atomic E-state index is 5.98. The van der Waals surface area contributed by atoms with E-state index in [0.29, 0.717) is 0 Å². The third kappa shape index (κ3) is 4.54. The van der Waals surface area contributed by atoms with Gasteiger partial charge in [0.05, 0.1) is 13.2 Å². The molecule has 0 unspecified atom stereocenters. The zero-order valence-electron chi connectivity index (χ0n) is 14.7. The minimum Gasteiger partial charge on any atom is -0.379 e. The number of hydrogen-bond acceptors (Lipinski definition) is 5. The standard InChI is InChI=1S/C19H27ClN4O/c20-18-3-1-16(2-4-18)13-23-6-5-19-17(14-23)15-24(21-19)8-7-22-9-11-25-12-10-22/h1-4,21H,5-15H2. The van der Waals surface area contributed by atoms with Crippen LogP contribution in [0.4, 0.5) is 0 Å². The topological polar surface area (TPSA) is 31.0 Å². The molecule has 3 aliphatic heterocycles. The molecule has 6 heteroatoms. The van der Waals surface area contributed by atoms with Gasteiger partial charge in [-0.2, -0.15) is 0 Å². The molecule has 0 atom stereocenters. The van der Waals surface area contributed by atoms with E-state index in [1.807, 2.05) is 12.1 Å². The minimum absolute atomic E-state index is 0.809. The Morgan fingerprint density at radius 3 is 2.56 bits per heavy atom. The van der Waals surface area contributed by atoms with E-state index in [1.54, 1.807) is 5.57 Å². The van der Waals surface area contributed by atoms with Crippen molar-refractivity contribution in [1.82, 2.24) is 20.2 Å². The summed E-state index contributed by atoms with van der Waals surface area (Å²) >= 11 is 5.98. The highest BCUT2D eigenvalue weighted by Crippen LogP contribution is 2.23. The number of halogens is 1. The smallest absolute Gasteiger partial charge is 0.0594 e. The third-order valence-electron chi connectivity index (χ3n) is 5.30. The van der Waals surface area contributed by atoms with Crippen molar-refractivity contribution < 1.29 is 4.74 Å². The molecule has 0 aliphatic carbocycles. The van der Waals surface area contributed by atoms with Gasteiger partial charge in [-0.25, -0.2) is 5.01 Å². The second-order valence-corrected chi connectivity index (χ2v) is 7.59. The van der Waals surface area contributed by atoms with Crippen LogP contribution in [0.3, 0.4) is 0 Å². The van der Waals surface area contributed by atoms with Crippen LogP contribution in [0.2, 0.25) is 5.02 Å². The molecule has 1 aromatic rings. The van der Waals surface area contributed by atoms with Crippen molar-refractivity contribution in [2.75, 3.05) is 59.0 Å². The van der Waals surface area contributed by atoms with Gasteiger partial charge in [-0.15, -0.1) is 0 Å². The van der Waals surface area contributed by atoms with E-state index in [1.165, 1.54) is 11.3 Å². The molecule has 0 saturated carbocycles. The highest BCUT2D eigenvalue weighted by Gasteiger charge is 2.27. The maximum Gasteiger partial charge on any atom is 0.0594 e. The van der Waals surface area contributed by atoms with Crippen molar-refractivity contribution >= 4 is 11.6 Å².